The van der Waals surface area contributed by atoms with Crippen molar-refractivity contribution < 1.29 is 13.9 Å². The number of nitrogens with one attached hydrogen (secondary N) is 1. The van der Waals surface area contributed by atoms with Crippen molar-refractivity contribution in [3.63, 3.8) is 0 Å². The molecule has 0 unspecified atom stereocenters. The van der Waals surface area contributed by atoms with Gasteiger partial charge < -0.3 is 20.2 Å². The zero-order valence-electron chi connectivity index (χ0n) is 10.7. The first-order valence-corrected chi connectivity index (χ1v) is 5.98. The Morgan fingerprint density at radius 2 is 2.16 bits per heavy atom. The number of nitrogens with two attached hydrogens (primary N) is 1. The lowest BCUT2D eigenvalue weighted by Gasteiger charge is -2.09. The molecule has 3 N–H and O–H groups in total. The van der Waals surface area contributed by atoms with Gasteiger partial charge in [0.2, 0.25) is 0 Å². The van der Waals surface area contributed by atoms with Crippen molar-refractivity contribution in [1.29, 1.82) is 0 Å². The van der Waals surface area contributed by atoms with Gasteiger partial charge in [-0.2, -0.15) is 0 Å². The molecule has 1 aromatic carbocycles. The molecule has 0 aliphatic carbocycles. The van der Waals surface area contributed by atoms with Crippen LogP contribution in [0, 0.1) is 6.92 Å². The lowest BCUT2D eigenvalue weighted by atomic mass is 10.2. The average molecular weight is 260 g/mol. The Balaban J connectivity index is 1.77. The predicted octanol–water partition coefficient (Wildman–Crippen LogP) is 1.98. The minimum absolute atomic E-state index is 0.170. The monoisotopic (exact) mass is 260 g/mol. The fraction of sp³-hybridized carbons (Fsp3) is 0.214. The standard InChI is InChI=1S/C14H16N2O3/c1-10-11(6-8-18-10)14(17)16-7-9-19-13-5-3-2-4-12(13)15/h2-6,8H,7,9,15H2,1H3,(H,16,17). The Hall–Kier alpha value is -2.43. The van der Waals surface area contributed by atoms with Gasteiger partial charge in [0.25, 0.3) is 5.91 Å². The van der Waals surface area contributed by atoms with Gasteiger partial charge in [-0.15, -0.1) is 0 Å². The zero-order valence-corrected chi connectivity index (χ0v) is 10.7. The molecule has 0 radical (unpaired) electrons. The summed E-state index contributed by atoms with van der Waals surface area (Å²) in [7, 11) is 0. The summed E-state index contributed by atoms with van der Waals surface area (Å²) in [5.41, 5.74) is 6.86. The third kappa shape index (κ3) is 3.28. The minimum atomic E-state index is -0.170. The van der Waals surface area contributed by atoms with Gasteiger partial charge in [0.05, 0.1) is 24.1 Å². The van der Waals surface area contributed by atoms with Gasteiger partial charge in [0, 0.05) is 0 Å². The fourth-order valence-electron chi connectivity index (χ4n) is 1.65. The van der Waals surface area contributed by atoms with Crippen LogP contribution in [-0.4, -0.2) is 19.1 Å². The summed E-state index contributed by atoms with van der Waals surface area (Å²) in [5.74, 6) is 1.05. The summed E-state index contributed by atoms with van der Waals surface area (Å²) in [6, 6.07) is 8.88. The number of aryl methyl sites for hydroxylation is 1. The molecular formula is C14H16N2O3. The second-order valence-corrected chi connectivity index (χ2v) is 4.03. The number of furan rings is 1. The maximum absolute atomic E-state index is 11.8. The summed E-state index contributed by atoms with van der Waals surface area (Å²) in [5, 5.41) is 2.75. The zero-order chi connectivity index (χ0) is 13.7. The van der Waals surface area contributed by atoms with Gasteiger partial charge in [-0.1, -0.05) is 12.1 Å². The molecule has 2 rings (SSSR count). The summed E-state index contributed by atoms with van der Waals surface area (Å²) < 4.78 is 10.5. The van der Waals surface area contributed by atoms with Crippen LogP contribution in [0.2, 0.25) is 0 Å². The van der Waals surface area contributed by atoms with Gasteiger partial charge in [-0.3, -0.25) is 4.79 Å². The Labute approximate surface area is 111 Å². The topological polar surface area (TPSA) is 77.5 Å². The van der Waals surface area contributed by atoms with Crippen LogP contribution in [0.5, 0.6) is 5.75 Å². The minimum Gasteiger partial charge on any atom is -0.490 e. The van der Waals surface area contributed by atoms with Gasteiger partial charge in [0.1, 0.15) is 18.1 Å². The Bertz CT molecular complexity index is 563. The molecule has 1 aromatic heterocycles. The van der Waals surface area contributed by atoms with Crippen molar-refractivity contribution in [2.75, 3.05) is 18.9 Å². The SMILES string of the molecule is Cc1occc1C(=O)NCCOc1ccccc1N. The van der Waals surface area contributed by atoms with E-state index >= 15 is 0 Å². The quantitative estimate of drug-likeness (QED) is 0.636. The maximum atomic E-state index is 11.8. The van der Waals surface area contributed by atoms with E-state index in [1.54, 1.807) is 25.1 Å². The summed E-state index contributed by atoms with van der Waals surface area (Å²) in [6.45, 7) is 2.50. The third-order valence-electron chi connectivity index (χ3n) is 2.67. The number of rotatable bonds is 5. The predicted molar refractivity (Wildman–Crippen MR) is 72.1 cm³/mol. The molecular weight excluding hydrogens is 244 g/mol. The van der Waals surface area contributed by atoms with Crippen LogP contribution in [0.1, 0.15) is 16.1 Å². The maximum Gasteiger partial charge on any atom is 0.254 e. The highest BCUT2D eigenvalue weighted by molar-refractivity contribution is 5.94. The first-order chi connectivity index (χ1) is 9.18. The van der Waals surface area contributed by atoms with E-state index in [2.05, 4.69) is 5.32 Å². The van der Waals surface area contributed by atoms with Crippen molar-refractivity contribution in [3.05, 3.63) is 47.9 Å². The van der Waals surface area contributed by atoms with E-state index in [1.165, 1.54) is 6.26 Å². The lowest BCUT2D eigenvalue weighted by Crippen LogP contribution is -2.28. The fourth-order valence-corrected chi connectivity index (χ4v) is 1.65. The van der Waals surface area contributed by atoms with Crippen molar-refractivity contribution in [2.24, 2.45) is 0 Å². The number of ether oxygens (including phenoxy) is 1. The number of nitrogen functional groups attached to an aromatic ring is 1. The van der Waals surface area contributed by atoms with E-state index in [1.807, 2.05) is 12.1 Å². The molecule has 0 atom stereocenters. The highest BCUT2D eigenvalue weighted by Gasteiger charge is 2.10. The Morgan fingerprint density at radius 3 is 2.84 bits per heavy atom. The van der Waals surface area contributed by atoms with E-state index in [0.29, 0.717) is 35.9 Å². The molecule has 0 bridgehead atoms. The van der Waals surface area contributed by atoms with Crippen molar-refractivity contribution in [1.82, 2.24) is 5.32 Å². The molecule has 0 saturated carbocycles. The van der Waals surface area contributed by atoms with Crippen LogP contribution >= 0.6 is 0 Å². The number of para-hydroxylation sites is 2. The number of carbonyl (C=O) groups excluding carboxylic acids is 1. The molecule has 5 nitrogen and oxygen atoms in total. The molecule has 0 spiro atoms. The van der Waals surface area contributed by atoms with Crippen LogP contribution in [0.15, 0.2) is 41.0 Å². The van der Waals surface area contributed by atoms with Crippen molar-refractivity contribution in [3.8, 4) is 5.75 Å². The van der Waals surface area contributed by atoms with Crippen molar-refractivity contribution >= 4 is 11.6 Å². The van der Waals surface area contributed by atoms with E-state index in [4.69, 9.17) is 14.9 Å². The smallest absolute Gasteiger partial charge is 0.254 e. The molecule has 5 heteroatoms. The third-order valence-corrected chi connectivity index (χ3v) is 2.67. The van der Waals surface area contributed by atoms with Gasteiger partial charge in [0.15, 0.2) is 0 Å². The summed E-state index contributed by atoms with van der Waals surface area (Å²) >= 11 is 0. The molecule has 1 heterocycles. The van der Waals surface area contributed by atoms with Gasteiger partial charge in [-0.05, 0) is 25.1 Å². The second kappa shape index (κ2) is 5.95. The molecule has 0 fully saturated rings. The highest BCUT2D eigenvalue weighted by atomic mass is 16.5. The molecule has 0 aliphatic heterocycles. The summed E-state index contributed by atoms with van der Waals surface area (Å²) in [6.07, 6.45) is 1.49. The molecule has 1 amide bonds. The average Bonchev–Trinajstić information content (AvgIpc) is 2.82. The normalized spacial score (nSPS) is 10.2. The van der Waals surface area contributed by atoms with Crippen LogP contribution in [0.3, 0.4) is 0 Å². The molecule has 19 heavy (non-hydrogen) atoms. The molecule has 0 saturated heterocycles. The van der Waals surface area contributed by atoms with Crippen LogP contribution < -0.4 is 15.8 Å². The highest BCUT2D eigenvalue weighted by Crippen LogP contribution is 2.19. The first-order valence-electron chi connectivity index (χ1n) is 5.98. The number of benzene rings is 1. The van der Waals surface area contributed by atoms with Crippen molar-refractivity contribution in [2.45, 2.75) is 6.92 Å². The van der Waals surface area contributed by atoms with E-state index in [9.17, 15) is 4.79 Å². The van der Waals surface area contributed by atoms with Gasteiger partial charge >= 0.3 is 0 Å². The van der Waals surface area contributed by atoms with Crippen LogP contribution in [0.25, 0.3) is 0 Å². The number of anilines is 1. The number of amides is 1. The van der Waals surface area contributed by atoms with E-state index in [-0.39, 0.29) is 5.91 Å². The largest absolute Gasteiger partial charge is 0.490 e. The number of carbonyl (C=O) groups is 1. The Morgan fingerprint density at radius 1 is 1.37 bits per heavy atom. The first kappa shape index (κ1) is 13.0. The molecule has 0 aliphatic rings. The number of hydrogen-bond donors (Lipinski definition) is 2. The molecule has 100 valence electrons. The van der Waals surface area contributed by atoms with E-state index < -0.39 is 0 Å². The van der Waals surface area contributed by atoms with E-state index in [0.717, 1.165) is 0 Å². The lowest BCUT2D eigenvalue weighted by molar-refractivity contribution is 0.0945. The Kier molecular flexibility index (Phi) is 4.07. The second-order valence-electron chi connectivity index (χ2n) is 4.03. The van der Waals surface area contributed by atoms with Gasteiger partial charge in [-0.25, -0.2) is 0 Å². The van der Waals surface area contributed by atoms with Crippen LogP contribution in [0.4, 0.5) is 5.69 Å². The molecule has 2 aromatic rings. The summed E-state index contributed by atoms with van der Waals surface area (Å²) in [4.78, 5) is 11.8. The van der Waals surface area contributed by atoms with Crippen LogP contribution in [-0.2, 0) is 0 Å². The number of hydrogen-bond acceptors (Lipinski definition) is 4.